The highest BCUT2D eigenvalue weighted by atomic mass is 35.5. The molecule has 0 bridgehead atoms. The van der Waals surface area contributed by atoms with Crippen molar-refractivity contribution in [3.05, 3.63) is 70.5 Å². The molecule has 18 heavy (non-hydrogen) atoms. The molecule has 1 nitrogen and oxygen atoms in total. The van der Waals surface area contributed by atoms with Crippen LogP contribution >= 0.6 is 11.6 Å². The molecule has 2 N–H and O–H groups in total. The summed E-state index contributed by atoms with van der Waals surface area (Å²) in [7, 11) is 0. The minimum Gasteiger partial charge on any atom is -0.321 e. The van der Waals surface area contributed by atoms with Crippen molar-refractivity contribution < 1.29 is 4.39 Å². The largest absolute Gasteiger partial charge is 0.321 e. The number of rotatable bonds is 3. The molecule has 0 amide bonds. The monoisotopic (exact) mass is 263 g/mol. The Morgan fingerprint density at radius 3 is 2.33 bits per heavy atom. The number of benzene rings is 2. The van der Waals surface area contributed by atoms with Gasteiger partial charge in [-0.3, -0.25) is 0 Å². The van der Waals surface area contributed by atoms with E-state index in [0.29, 0.717) is 17.0 Å². The zero-order valence-electron chi connectivity index (χ0n) is 10.2. The first kappa shape index (κ1) is 13.1. The molecule has 2 aromatic carbocycles. The molecular weight excluding hydrogens is 249 g/mol. The maximum absolute atomic E-state index is 13.6. The summed E-state index contributed by atoms with van der Waals surface area (Å²) < 4.78 is 13.6. The third-order valence-electron chi connectivity index (χ3n) is 3.02. The van der Waals surface area contributed by atoms with Crippen molar-refractivity contribution in [2.75, 3.05) is 0 Å². The maximum atomic E-state index is 13.6. The fourth-order valence-electron chi connectivity index (χ4n) is 1.97. The van der Waals surface area contributed by atoms with Gasteiger partial charge in [-0.2, -0.15) is 0 Å². The Balaban J connectivity index is 2.27. The molecule has 0 radical (unpaired) electrons. The van der Waals surface area contributed by atoms with Crippen LogP contribution in [0.15, 0.2) is 48.5 Å². The molecule has 0 spiro atoms. The molecular formula is C15H15ClFN. The molecule has 0 aliphatic heterocycles. The Morgan fingerprint density at radius 2 is 1.72 bits per heavy atom. The molecule has 0 saturated carbocycles. The maximum Gasteiger partial charge on any atom is 0.126 e. The van der Waals surface area contributed by atoms with E-state index in [4.69, 9.17) is 17.3 Å². The van der Waals surface area contributed by atoms with Crippen LogP contribution in [0.4, 0.5) is 4.39 Å². The number of hydrogen-bond donors (Lipinski definition) is 1. The predicted molar refractivity (Wildman–Crippen MR) is 73.1 cm³/mol. The normalized spacial score (nSPS) is 14.2. The number of halogens is 2. The van der Waals surface area contributed by atoms with Crippen LogP contribution < -0.4 is 5.73 Å². The number of hydrogen-bond acceptors (Lipinski definition) is 1. The van der Waals surface area contributed by atoms with Gasteiger partial charge in [0, 0.05) is 10.6 Å². The van der Waals surface area contributed by atoms with Crippen molar-refractivity contribution in [1.82, 2.24) is 0 Å². The first-order valence-electron chi connectivity index (χ1n) is 5.77. The van der Waals surface area contributed by atoms with E-state index < -0.39 is 5.54 Å². The van der Waals surface area contributed by atoms with Crippen molar-refractivity contribution in [3.63, 3.8) is 0 Å². The van der Waals surface area contributed by atoms with Gasteiger partial charge in [-0.25, -0.2) is 4.39 Å². The molecule has 0 fully saturated rings. The fraction of sp³-hybridized carbons (Fsp3) is 0.200. The van der Waals surface area contributed by atoms with Gasteiger partial charge in [0.1, 0.15) is 5.82 Å². The molecule has 1 atom stereocenters. The van der Waals surface area contributed by atoms with Crippen molar-refractivity contribution in [1.29, 1.82) is 0 Å². The highest BCUT2D eigenvalue weighted by Crippen LogP contribution is 2.25. The van der Waals surface area contributed by atoms with Gasteiger partial charge in [0.2, 0.25) is 0 Å². The van der Waals surface area contributed by atoms with E-state index >= 15 is 0 Å². The van der Waals surface area contributed by atoms with Crippen LogP contribution in [0.5, 0.6) is 0 Å². The zero-order valence-corrected chi connectivity index (χ0v) is 10.9. The lowest BCUT2D eigenvalue weighted by Crippen LogP contribution is -2.35. The molecule has 2 aromatic rings. The fourth-order valence-corrected chi connectivity index (χ4v) is 2.10. The van der Waals surface area contributed by atoms with Crippen molar-refractivity contribution in [2.45, 2.75) is 18.9 Å². The predicted octanol–water partition coefficient (Wildman–Crippen LogP) is 3.90. The SMILES string of the molecule is CC(N)(Cc1ccccc1F)c1ccc(Cl)cc1. The molecule has 2 rings (SSSR count). The Hall–Kier alpha value is -1.38. The smallest absolute Gasteiger partial charge is 0.126 e. The van der Waals surface area contributed by atoms with Gasteiger partial charge in [-0.15, -0.1) is 0 Å². The van der Waals surface area contributed by atoms with Crippen LogP contribution in [0.25, 0.3) is 0 Å². The van der Waals surface area contributed by atoms with E-state index in [1.165, 1.54) is 6.07 Å². The summed E-state index contributed by atoms with van der Waals surface area (Å²) in [4.78, 5) is 0. The first-order valence-corrected chi connectivity index (χ1v) is 6.15. The topological polar surface area (TPSA) is 26.0 Å². The first-order chi connectivity index (χ1) is 8.49. The van der Waals surface area contributed by atoms with Gasteiger partial charge >= 0.3 is 0 Å². The second kappa shape index (κ2) is 5.09. The van der Waals surface area contributed by atoms with Crippen LogP contribution in [0, 0.1) is 5.82 Å². The van der Waals surface area contributed by atoms with E-state index in [-0.39, 0.29) is 5.82 Å². The average molecular weight is 264 g/mol. The van der Waals surface area contributed by atoms with E-state index in [2.05, 4.69) is 0 Å². The molecule has 0 aromatic heterocycles. The third kappa shape index (κ3) is 2.89. The summed E-state index contributed by atoms with van der Waals surface area (Å²) in [5, 5.41) is 0.667. The van der Waals surface area contributed by atoms with Gasteiger partial charge in [-0.1, -0.05) is 41.9 Å². The number of nitrogens with two attached hydrogens (primary N) is 1. The Bertz CT molecular complexity index is 534. The summed E-state index contributed by atoms with van der Waals surface area (Å²) in [6, 6.07) is 14.0. The summed E-state index contributed by atoms with van der Waals surface area (Å²) >= 11 is 5.85. The van der Waals surface area contributed by atoms with Crippen LogP contribution in [0.2, 0.25) is 5.02 Å². The molecule has 0 aliphatic rings. The van der Waals surface area contributed by atoms with Gasteiger partial charge in [-0.05, 0) is 42.7 Å². The highest BCUT2D eigenvalue weighted by molar-refractivity contribution is 6.30. The Labute approximate surface area is 111 Å². The van der Waals surface area contributed by atoms with Crippen LogP contribution in [-0.4, -0.2) is 0 Å². The van der Waals surface area contributed by atoms with E-state index in [9.17, 15) is 4.39 Å². The highest BCUT2D eigenvalue weighted by Gasteiger charge is 2.22. The lowest BCUT2D eigenvalue weighted by molar-refractivity contribution is 0.475. The van der Waals surface area contributed by atoms with Crippen molar-refractivity contribution in [3.8, 4) is 0 Å². The molecule has 1 unspecified atom stereocenters. The molecule has 0 aliphatic carbocycles. The van der Waals surface area contributed by atoms with Gasteiger partial charge in [0.15, 0.2) is 0 Å². The third-order valence-corrected chi connectivity index (χ3v) is 3.27. The average Bonchev–Trinajstić information content (AvgIpc) is 2.32. The summed E-state index contributed by atoms with van der Waals surface area (Å²) in [5.74, 6) is -0.219. The Kier molecular flexibility index (Phi) is 3.69. The van der Waals surface area contributed by atoms with Crippen LogP contribution in [0.1, 0.15) is 18.1 Å². The van der Waals surface area contributed by atoms with Crippen molar-refractivity contribution >= 4 is 11.6 Å². The quantitative estimate of drug-likeness (QED) is 0.893. The molecule has 94 valence electrons. The summed E-state index contributed by atoms with van der Waals surface area (Å²) in [5.41, 5.74) is 7.22. The van der Waals surface area contributed by atoms with Gasteiger partial charge in [0.25, 0.3) is 0 Å². The minimum atomic E-state index is -0.618. The summed E-state index contributed by atoms with van der Waals surface area (Å²) in [6.45, 7) is 1.89. The Morgan fingerprint density at radius 1 is 1.11 bits per heavy atom. The van der Waals surface area contributed by atoms with Gasteiger partial charge < -0.3 is 5.73 Å². The van der Waals surface area contributed by atoms with E-state index in [1.807, 2.05) is 25.1 Å². The standard InChI is InChI=1S/C15H15ClFN/c1-15(18,12-6-8-13(16)9-7-12)10-11-4-2-3-5-14(11)17/h2-9H,10,18H2,1H3. The molecule has 0 heterocycles. The molecule has 0 saturated heterocycles. The summed E-state index contributed by atoms with van der Waals surface area (Å²) in [6.07, 6.45) is 0.446. The second-order valence-electron chi connectivity index (χ2n) is 4.69. The minimum absolute atomic E-state index is 0.219. The van der Waals surface area contributed by atoms with Crippen molar-refractivity contribution in [2.24, 2.45) is 5.73 Å². The lowest BCUT2D eigenvalue weighted by Gasteiger charge is -2.25. The van der Waals surface area contributed by atoms with Crippen LogP contribution in [0.3, 0.4) is 0 Å². The lowest BCUT2D eigenvalue weighted by atomic mass is 9.86. The van der Waals surface area contributed by atoms with Crippen LogP contribution in [-0.2, 0) is 12.0 Å². The van der Waals surface area contributed by atoms with E-state index in [0.717, 1.165) is 5.56 Å². The second-order valence-corrected chi connectivity index (χ2v) is 5.13. The molecule has 3 heteroatoms. The van der Waals surface area contributed by atoms with E-state index in [1.54, 1.807) is 24.3 Å². The van der Waals surface area contributed by atoms with Gasteiger partial charge in [0.05, 0.1) is 0 Å². The zero-order chi connectivity index (χ0) is 13.2.